The van der Waals surface area contributed by atoms with Crippen molar-refractivity contribution in [3.63, 3.8) is 0 Å². The number of amides is 1. The van der Waals surface area contributed by atoms with Crippen molar-refractivity contribution in [2.75, 3.05) is 0 Å². The third kappa shape index (κ3) is 3.69. The molecule has 0 saturated heterocycles. The predicted octanol–water partition coefficient (Wildman–Crippen LogP) is 1.41. The van der Waals surface area contributed by atoms with Gasteiger partial charge in [0.2, 0.25) is 5.91 Å². The summed E-state index contributed by atoms with van der Waals surface area (Å²) in [4.78, 5) is 23.2. The lowest BCUT2D eigenvalue weighted by Gasteiger charge is -2.31. The quantitative estimate of drug-likeness (QED) is 0.718. The predicted molar refractivity (Wildman–Crippen MR) is 71.5 cm³/mol. The van der Waals surface area contributed by atoms with Gasteiger partial charge in [0.25, 0.3) is 0 Å². The highest BCUT2D eigenvalue weighted by Gasteiger charge is 2.35. The largest absolute Gasteiger partial charge is 0.481 e. The van der Waals surface area contributed by atoms with Gasteiger partial charge in [-0.1, -0.05) is 25.7 Å². The van der Waals surface area contributed by atoms with Gasteiger partial charge in [0.05, 0.1) is 5.92 Å². The van der Waals surface area contributed by atoms with Crippen LogP contribution in [0.4, 0.5) is 0 Å². The van der Waals surface area contributed by atoms with Crippen LogP contribution in [-0.4, -0.2) is 28.6 Å². The molecule has 2 fully saturated rings. The zero-order valence-electron chi connectivity index (χ0n) is 11.4. The van der Waals surface area contributed by atoms with E-state index < -0.39 is 11.9 Å². The number of carbonyl (C=O) groups is 2. The molecule has 108 valence electrons. The molecule has 4 N–H and O–H groups in total. The molecule has 2 rings (SSSR count). The van der Waals surface area contributed by atoms with E-state index in [1.54, 1.807) is 0 Å². The van der Waals surface area contributed by atoms with Gasteiger partial charge >= 0.3 is 5.97 Å². The van der Waals surface area contributed by atoms with Crippen molar-refractivity contribution in [2.24, 2.45) is 11.7 Å². The van der Waals surface area contributed by atoms with Crippen LogP contribution in [0.25, 0.3) is 0 Å². The molecule has 2 atom stereocenters. The van der Waals surface area contributed by atoms with Crippen LogP contribution >= 0.6 is 0 Å². The average molecular weight is 268 g/mol. The molecule has 2 saturated carbocycles. The number of carbonyl (C=O) groups excluding carboxylic acids is 1. The summed E-state index contributed by atoms with van der Waals surface area (Å²) in [5.41, 5.74) is 5.82. The van der Waals surface area contributed by atoms with Gasteiger partial charge in [-0.15, -0.1) is 0 Å². The second-order valence-corrected chi connectivity index (χ2v) is 6.15. The minimum absolute atomic E-state index is 0.0810. The van der Waals surface area contributed by atoms with E-state index >= 15 is 0 Å². The Balaban J connectivity index is 1.88. The first-order chi connectivity index (χ1) is 9.00. The Kier molecular flexibility index (Phi) is 4.45. The lowest BCUT2D eigenvalue weighted by molar-refractivity contribution is -0.144. The molecule has 0 aromatic heterocycles. The highest BCUT2D eigenvalue weighted by molar-refractivity contribution is 5.79. The summed E-state index contributed by atoms with van der Waals surface area (Å²) in [6, 6.07) is -0.219. The zero-order valence-corrected chi connectivity index (χ0v) is 11.4. The van der Waals surface area contributed by atoms with Crippen molar-refractivity contribution >= 4 is 11.9 Å². The molecule has 0 aromatic carbocycles. The van der Waals surface area contributed by atoms with Crippen LogP contribution in [0.1, 0.15) is 57.8 Å². The van der Waals surface area contributed by atoms with E-state index in [9.17, 15) is 14.7 Å². The molecule has 1 amide bonds. The van der Waals surface area contributed by atoms with E-state index in [1.165, 1.54) is 0 Å². The lowest BCUT2D eigenvalue weighted by atomic mass is 9.84. The summed E-state index contributed by atoms with van der Waals surface area (Å²) < 4.78 is 0. The minimum atomic E-state index is -0.798. The SMILES string of the molecule is NC1(CC(=O)NC2CCCCC2C(=O)O)CCCC1. The summed E-state index contributed by atoms with van der Waals surface area (Å²) in [6.07, 6.45) is 7.65. The fourth-order valence-electron chi connectivity index (χ4n) is 3.43. The fraction of sp³-hybridized carbons (Fsp3) is 0.857. The first kappa shape index (κ1) is 14.3. The average Bonchev–Trinajstić information content (AvgIpc) is 2.75. The van der Waals surface area contributed by atoms with E-state index in [2.05, 4.69) is 5.32 Å². The van der Waals surface area contributed by atoms with Gasteiger partial charge in [-0.2, -0.15) is 0 Å². The summed E-state index contributed by atoms with van der Waals surface area (Å²) in [6.45, 7) is 0. The third-order valence-electron chi connectivity index (χ3n) is 4.54. The molecular formula is C14H24N2O3. The number of rotatable bonds is 4. The van der Waals surface area contributed by atoms with Crippen LogP contribution in [0.2, 0.25) is 0 Å². The highest BCUT2D eigenvalue weighted by atomic mass is 16.4. The van der Waals surface area contributed by atoms with E-state index in [4.69, 9.17) is 5.73 Å². The number of carboxylic acid groups (broad SMARTS) is 1. The third-order valence-corrected chi connectivity index (χ3v) is 4.54. The molecule has 0 radical (unpaired) electrons. The number of carboxylic acids is 1. The molecule has 0 bridgehead atoms. The second-order valence-electron chi connectivity index (χ2n) is 6.15. The number of nitrogens with two attached hydrogens (primary N) is 1. The van der Waals surface area contributed by atoms with Crippen LogP contribution in [0.3, 0.4) is 0 Å². The minimum Gasteiger partial charge on any atom is -0.481 e. The summed E-state index contributed by atoms with van der Waals surface area (Å²) in [7, 11) is 0. The van der Waals surface area contributed by atoms with Crippen LogP contribution in [0, 0.1) is 5.92 Å². The lowest BCUT2D eigenvalue weighted by Crippen LogP contribution is -2.48. The Bertz CT molecular complexity index is 351. The Morgan fingerprint density at radius 3 is 2.42 bits per heavy atom. The maximum Gasteiger partial charge on any atom is 0.308 e. The number of hydrogen-bond donors (Lipinski definition) is 3. The van der Waals surface area contributed by atoms with Crippen molar-refractivity contribution in [1.82, 2.24) is 5.32 Å². The maximum absolute atomic E-state index is 12.1. The Morgan fingerprint density at radius 2 is 1.79 bits per heavy atom. The van der Waals surface area contributed by atoms with Crippen molar-refractivity contribution < 1.29 is 14.7 Å². The highest BCUT2D eigenvalue weighted by Crippen LogP contribution is 2.30. The number of nitrogens with one attached hydrogen (secondary N) is 1. The van der Waals surface area contributed by atoms with Crippen LogP contribution in [0.15, 0.2) is 0 Å². The van der Waals surface area contributed by atoms with E-state index in [0.717, 1.165) is 44.9 Å². The van der Waals surface area contributed by atoms with E-state index in [-0.39, 0.29) is 17.5 Å². The molecule has 5 heteroatoms. The second kappa shape index (κ2) is 5.90. The van der Waals surface area contributed by atoms with Crippen molar-refractivity contribution in [2.45, 2.75) is 69.4 Å². The number of aliphatic carboxylic acids is 1. The zero-order chi connectivity index (χ0) is 13.9. The molecule has 19 heavy (non-hydrogen) atoms. The first-order valence-electron chi connectivity index (χ1n) is 7.31. The van der Waals surface area contributed by atoms with Crippen molar-refractivity contribution in [3.8, 4) is 0 Å². The van der Waals surface area contributed by atoms with Gasteiger partial charge in [-0.25, -0.2) is 0 Å². The van der Waals surface area contributed by atoms with Gasteiger partial charge in [0.1, 0.15) is 0 Å². The van der Waals surface area contributed by atoms with Crippen LogP contribution in [-0.2, 0) is 9.59 Å². The summed E-state index contributed by atoms with van der Waals surface area (Å²) in [5, 5.41) is 12.1. The number of hydrogen-bond acceptors (Lipinski definition) is 3. The van der Waals surface area contributed by atoms with E-state index in [0.29, 0.717) is 12.8 Å². The smallest absolute Gasteiger partial charge is 0.308 e. The Morgan fingerprint density at radius 1 is 1.16 bits per heavy atom. The van der Waals surface area contributed by atoms with E-state index in [1.807, 2.05) is 0 Å². The van der Waals surface area contributed by atoms with Crippen LogP contribution < -0.4 is 11.1 Å². The van der Waals surface area contributed by atoms with Crippen molar-refractivity contribution in [3.05, 3.63) is 0 Å². The molecule has 2 aliphatic carbocycles. The normalized spacial score (nSPS) is 29.9. The van der Waals surface area contributed by atoms with Crippen LogP contribution in [0.5, 0.6) is 0 Å². The van der Waals surface area contributed by atoms with Gasteiger partial charge in [0, 0.05) is 18.0 Å². The monoisotopic (exact) mass is 268 g/mol. The maximum atomic E-state index is 12.1. The molecule has 0 aliphatic heterocycles. The molecule has 2 aliphatic rings. The van der Waals surface area contributed by atoms with Gasteiger partial charge in [-0.05, 0) is 25.7 Å². The molecule has 5 nitrogen and oxygen atoms in total. The first-order valence-corrected chi connectivity index (χ1v) is 7.31. The molecule has 0 heterocycles. The summed E-state index contributed by atoms with van der Waals surface area (Å²) in [5.74, 6) is -1.31. The fourth-order valence-corrected chi connectivity index (χ4v) is 3.43. The molecule has 0 spiro atoms. The standard InChI is InChI=1S/C14H24N2O3/c15-14(7-3-4-8-14)9-12(17)16-11-6-2-1-5-10(11)13(18)19/h10-11H,1-9,15H2,(H,16,17)(H,18,19). The molecule has 0 aromatic rings. The topological polar surface area (TPSA) is 92.4 Å². The Labute approximate surface area is 113 Å². The Hall–Kier alpha value is -1.10. The molecule has 2 unspecified atom stereocenters. The molecular weight excluding hydrogens is 244 g/mol. The summed E-state index contributed by atoms with van der Waals surface area (Å²) >= 11 is 0. The van der Waals surface area contributed by atoms with Gasteiger partial charge < -0.3 is 16.2 Å². The van der Waals surface area contributed by atoms with Gasteiger partial charge in [0.15, 0.2) is 0 Å². The van der Waals surface area contributed by atoms with Crippen molar-refractivity contribution in [1.29, 1.82) is 0 Å². The van der Waals surface area contributed by atoms with Gasteiger partial charge in [-0.3, -0.25) is 9.59 Å².